The summed E-state index contributed by atoms with van der Waals surface area (Å²) in [5, 5.41) is 13.6. The Morgan fingerprint density at radius 1 is 1.48 bits per heavy atom. The molecule has 21 heavy (non-hydrogen) atoms. The van der Waals surface area contributed by atoms with Gasteiger partial charge in [-0.3, -0.25) is 19.7 Å². The third-order valence-electron chi connectivity index (χ3n) is 3.08. The summed E-state index contributed by atoms with van der Waals surface area (Å²) in [6.45, 7) is -0.0789. The topological polar surface area (TPSA) is 92.6 Å². The minimum Gasteiger partial charge on any atom is -0.352 e. The van der Waals surface area contributed by atoms with Gasteiger partial charge in [0.2, 0.25) is 5.91 Å². The van der Waals surface area contributed by atoms with Gasteiger partial charge in [-0.25, -0.2) is 0 Å². The second-order valence-electron chi connectivity index (χ2n) is 4.90. The predicted molar refractivity (Wildman–Crippen MR) is 78.9 cm³/mol. The van der Waals surface area contributed by atoms with Crippen LogP contribution in [0.3, 0.4) is 0 Å². The number of hydrogen-bond donors (Lipinski definition) is 1. The van der Waals surface area contributed by atoms with Gasteiger partial charge < -0.3 is 10.2 Å². The average Bonchev–Trinajstić information content (AvgIpc) is 3.21. The third kappa shape index (κ3) is 3.78. The number of hydrogen-bond acceptors (Lipinski definition) is 4. The fraction of sp³-hybridized carbons (Fsp3) is 0.385. The van der Waals surface area contributed by atoms with Gasteiger partial charge in [-0.05, 0) is 34.8 Å². The smallest absolute Gasteiger partial charge is 0.284 e. The van der Waals surface area contributed by atoms with Gasteiger partial charge in [0, 0.05) is 19.2 Å². The van der Waals surface area contributed by atoms with Crippen LogP contribution >= 0.6 is 15.9 Å². The molecule has 1 aliphatic rings. The number of nitro groups is 1. The highest BCUT2D eigenvalue weighted by Crippen LogP contribution is 2.28. The van der Waals surface area contributed by atoms with Gasteiger partial charge in [-0.2, -0.15) is 0 Å². The number of amides is 2. The molecule has 2 rings (SSSR count). The zero-order chi connectivity index (χ0) is 15.6. The van der Waals surface area contributed by atoms with E-state index in [-0.39, 0.29) is 34.2 Å². The first-order chi connectivity index (χ1) is 9.90. The van der Waals surface area contributed by atoms with Crippen molar-refractivity contribution in [1.82, 2.24) is 10.2 Å². The molecule has 0 radical (unpaired) electrons. The van der Waals surface area contributed by atoms with Gasteiger partial charge in [0.05, 0.1) is 17.0 Å². The molecule has 0 aliphatic heterocycles. The van der Waals surface area contributed by atoms with Crippen molar-refractivity contribution in [3.8, 4) is 0 Å². The molecule has 0 spiro atoms. The number of nitrogens with one attached hydrogen (secondary N) is 1. The van der Waals surface area contributed by atoms with Crippen LogP contribution in [-0.4, -0.2) is 41.3 Å². The van der Waals surface area contributed by atoms with E-state index in [0.717, 1.165) is 12.8 Å². The lowest BCUT2D eigenvalue weighted by molar-refractivity contribution is -0.385. The van der Waals surface area contributed by atoms with Crippen LogP contribution in [-0.2, 0) is 4.79 Å². The number of nitro benzene ring substituents is 1. The molecule has 1 aliphatic carbocycles. The van der Waals surface area contributed by atoms with Crippen LogP contribution in [0.5, 0.6) is 0 Å². The van der Waals surface area contributed by atoms with E-state index >= 15 is 0 Å². The van der Waals surface area contributed by atoms with Crippen molar-refractivity contribution in [2.75, 3.05) is 13.6 Å². The molecule has 0 bridgehead atoms. The Balaban J connectivity index is 2.09. The van der Waals surface area contributed by atoms with E-state index in [1.807, 2.05) is 0 Å². The van der Waals surface area contributed by atoms with Crippen molar-refractivity contribution in [3.05, 3.63) is 38.3 Å². The molecule has 0 saturated heterocycles. The third-order valence-corrected chi connectivity index (χ3v) is 3.91. The molecule has 0 aromatic heterocycles. The Labute approximate surface area is 129 Å². The first-order valence-electron chi connectivity index (χ1n) is 6.38. The van der Waals surface area contributed by atoms with Gasteiger partial charge in [-0.15, -0.1) is 0 Å². The molecule has 112 valence electrons. The van der Waals surface area contributed by atoms with E-state index < -0.39 is 10.8 Å². The molecule has 0 heterocycles. The lowest BCUT2D eigenvalue weighted by atomic mass is 10.2. The van der Waals surface area contributed by atoms with Crippen LogP contribution in [0.2, 0.25) is 0 Å². The summed E-state index contributed by atoms with van der Waals surface area (Å²) in [7, 11) is 1.49. The molecule has 0 unspecified atom stereocenters. The zero-order valence-corrected chi connectivity index (χ0v) is 12.9. The SMILES string of the molecule is CN(CC(=O)NC1CC1)C(=O)c1cccc([N+](=O)[O-])c1Br. The fourth-order valence-electron chi connectivity index (χ4n) is 1.82. The zero-order valence-electron chi connectivity index (χ0n) is 11.3. The highest BCUT2D eigenvalue weighted by molar-refractivity contribution is 9.10. The summed E-state index contributed by atoms with van der Waals surface area (Å²) in [5.41, 5.74) is -0.0254. The number of carbonyl (C=O) groups is 2. The largest absolute Gasteiger partial charge is 0.352 e. The molecule has 7 nitrogen and oxygen atoms in total. The Hall–Kier alpha value is -1.96. The number of halogens is 1. The Morgan fingerprint density at radius 2 is 2.14 bits per heavy atom. The summed E-state index contributed by atoms with van der Waals surface area (Å²) in [4.78, 5) is 35.5. The molecule has 1 fully saturated rings. The molecule has 1 saturated carbocycles. The van der Waals surface area contributed by atoms with Gasteiger partial charge >= 0.3 is 0 Å². The van der Waals surface area contributed by atoms with Crippen molar-refractivity contribution in [1.29, 1.82) is 0 Å². The lowest BCUT2D eigenvalue weighted by Gasteiger charge is -2.17. The van der Waals surface area contributed by atoms with E-state index in [4.69, 9.17) is 0 Å². The van der Waals surface area contributed by atoms with Crippen LogP contribution in [0.25, 0.3) is 0 Å². The molecule has 1 aromatic rings. The van der Waals surface area contributed by atoms with E-state index in [1.165, 1.54) is 30.1 Å². The van der Waals surface area contributed by atoms with Gasteiger partial charge in [0.15, 0.2) is 0 Å². The van der Waals surface area contributed by atoms with E-state index in [2.05, 4.69) is 21.2 Å². The van der Waals surface area contributed by atoms with Crippen LogP contribution in [0.15, 0.2) is 22.7 Å². The van der Waals surface area contributed by atoms with Crippen molar-refractivity contribution in [2.45, 2.75) is 18.9 Å². The summed E-state index contributed by atoms with van der Waals surface area (Å²) in [6, 6.07) is 4.45. The van der Waals surface area contributed by atoms with Gasteiger partial charge in [0.1, 0.15) is 4.47 Å². The van der Waals surface area contributed by atoms with Crippen molar-refractivity contribution in [2.24, 2.45) is 0 Å². The molecule has 1 N–H and O–H groups in total. The fourth-order valence-corrected chi connectivity index (χ4v) is 2.40. The molecular weight excluding hydrogens is 342 g/mol. The maximum absolute atomic E-state index is 12.3. The standard InChI is InChI=1S/C13H14BrN3O4/c1-16(7-11(18)15-8-5-6-8)13(19)9-3-2-4-10(12(9)14)17(20)21/h2-4,8H,5-7H2,1H3,(H,15,18). The minimum absolute atomic E-state index is 0.0789. The van der Waals surface area contributed by atoms with Crippen LogP contribution < -0.4 is 5.32 Å². The summed E-state index contributed by atoms with van der Waals surface area (Å²) in [6.07, 6.45) is 1.94. The maximum Gasteiger partial charge on any atom is 0.284 e. The normalized spacial score (nSPS) is 13.6. The quantitative estimate of drug-likeness (QED) is 0.642. The molecular formula is C13H14BrN3O4. The van der Waals surface area contributed by atoms with E-state index in [9.17, 15) is 19.7 Å². The summed E-state index contributed by atoms with van der Waals surface area (Å²) >= 11 is 3.08. The van der Waals surface area contributed by atoms with Crippen molar-refractivity contribution in [3.63, 3.8) is 0 Å². The Bertz CT molecular complexity index is 601. The second kappa shape index (κ2) is 6.21. The average molecular weight is 356 g/mol. The summed E-state index contributed by atoms with van der Waals surface area (Å²) < 4.78 is 0.120. The first-order valence-corrected chi connectivity index (χ1v) is 7.17. The first kappa shape index (κ1) is 15.4. The number of nitrogens with zero attached hydrogens (tertiary/aromatic N) is 2. The number of rotatable bonds is 5. The van der Waals surface area contributed by atoms with Crippen LogP contribution in [0.4, 0.5) is 5.69 Å². The van der Waals surface area contributed by atoms with Gasteiger partial charge in [0.25, 0.3) is 11.6 Å². The van der Waals surface area contributed by atoms with Crippen molar-refractivity contribution >= 4 is 33.4 Å². The number of benzene rings is 1. The van der Waals surface area contributed by atoms with Gasteiger partial charge in [-0.1, -0.05) is 6.07 Å². The van der Waals surface area contributed by atoms with E-state index in [1.54, 1.807) is 0 Å². The molecule has 8 heteroatoms. The van der Waals surface area contributed by atoms with Crippen molar-refractivity contribution < 1.29 is 14.5 Å². The second-order valence-corrected chi connectivity index (χ2v) is 5.69. The van der Waals surface area contributed by atoms with E-state index in [0.29, 0.717) is 0 Å². The highest BCUT2D eigenvalue weighted by atomic mass is 79.9. The minimum atomic E-state index is -0.569. The lowest BCUT2D eigenvalue weighted by Crippen LogP contribution is -2.39. The predicted octanol–water partition coefficient (Wildman–Crippen LogP) is 1.71. The maximum atomic E-state index is 12.3. The van der Waals surface area contributed by atoms with Crippen LogP contribution in [0, 0.1) is 10.1 Å². The number of likely N-dealkylation sites (N-methyl/N-ethyl adjacent to an activating group) is 1. The summed E-state index contributed by atoms with van der Waals surface area (Å²) in [5.74, 6) is -0.675. The number of carbonyl (C=O) groups excluding carboxylic acids is 2. The molecule has 0 atom stereocenters. The Kier molecular flexibility index (Phi) is 4.56. The highest BCUT2D eigenvalue weighted by Gasteiger charge is 2.26. The Morgan fingerprint density at radius 3 is 2.71 bits per heavy atom. The monoisotopic (exact) mass is 355 g/mol. The molecule has 2 amide bonds. The van der Waals surface area contributed by atoms with Crippen LogP contribution in [0.1, 0.15) is 23.2 Å². The molecule has 1 aromatic carbocycles.